The highest BCUT2D eigenvalue weighted by atomic mass is 35.5. The number of anilines is 3. The van der Waals surface area contributed by atoms with Gasteiger partial charge in [0.25, 0.3) is 5.91 Å². The fourth-order valence-corrected chi connectivity index (χ4v) is 2.26. The van der Waals surface area contributed by atoms with Gasteiger partial charge in [0, 0.05) is 22.5 Å². The average molecular weight is 378 g/mol. The van der Waals surface area contributed by atoms with Crippen molar-refractivity contribution in [3.05, 3.63) is 82.8 Å². The molecule has 1 heterocycles. The van der Waals surface area contributed by atoms with Crippen molar-refractivity contribution in [1.29, 1.82) is 0 Å². The molecule has 0 spiro atoms. The van der Waals surface area contributed by atoms with Crippen LogP contribution in [0, 0.1) is 17.5 Å². The molecule has 1 amide bonds. The second-order valence-electron chi connectivity index (χ2n) is 5.24. The summed E-state index contributed by atoms with van der Waals surface area (Å²) in [6.07, 6.45) is 1.38. The number of amides is 1. The standard InChI is InChI=1S/C18H11ClF3N3O/c19-11-1-3-12(4-2-11)24-15-9-10(7-8-23-15)18(26)25-14-6-5-13(20)16(21)17(14)22/h1-9H,(H,23,24)(H,25,26). The number of nitrogens with zero attached hydrogens (tertiary/aromatic N) is 1. The van der Waals surface area contributed by atoms with Crippen LogP contribution < -0.4 is 10.6 Å². The second kappa shape index (κ2) is 7.45. The molecular weight excluding hydrogens is 367 g/mol. The summed E-state index contributed by atoms with van der Waals surface area (Å²) in [4.78, 5) is 16.3. The van der Waals surface area contributed by atoms with Crippen molar-refractivity contribution in [2.24, 2.45) is 0 Å². The van der Waals surface area contributed by atoms with Crippen molar-refractivity contribution in [3.8, 4) is 0 Å². The van der Waals surface area contributed by atoms with Gasteiger partial charge in [0.1, 0.15) is 5.82 Å². The minimum absolute atomic E-state index is 0.153. The van der Waals surface area contributed by atoms with Gasteiger partial charge in [-0.15, -0.1) is 0 Å². The molecule has 0 bridgehead atoms. The van der Waals surface area contributed by atoms with Crippen molar-refractivity contribution in [2.45, 2.75) is 0 Å². The molecule has 0 aliphatic carbocycles. The van der Waals surface area contributed by atoms with Crippen LogP contribution >= 0.6 is 11.6 Å². The first-order valence-corrected chi connectivity index (χ1v) is 7.75. The number of carbonyl (C=O) groups excluding carboxylic acids is 1. The molecule has 2 aromatic carbocycles. The van der Waals surface area contributed by atoms with E-state index in [4.69, 9.17) is 11.6 Å². The number of hydrogen-bond donors (Lipinski definition) is 2. The molecule has 26 heavy (non-hydrogen) atoms. The molecule has 0 aliphatic rings. The number of halogens is 4. The van der Waals surface area contributed by atoms with Gasteiger partial charge < -0.3 is 10.6 Å². The Hall–Kier alpha value is -3.06. The van der Waals surface area contributed by atoms with E-state index in [9.17, 15) is 18.0 Å². The number of rotatable bonds is 4. The van der Waals surface area contributed by atoms with E-state index in [0.29, 0.717) is 16.5 Å². The lowest BCUT2D eigenvalue weighted by Crippen LogP contribution is -2.14. The topological polar surface area (TPSA) is 54.0 Å². The molecule has 132 valence electrons. The van der Waals surface area contributed by atoms with Gasteiger partial charge in [-0.05, 0) is 48.5 Å². The van der Waals surface area contributed by atoms with Crippen LogP contribution in [0.4, 0.5) is 30.4 Å². The Bertz CT molecular complexity index is 964. The minimum Gasteiger partial charge on any atom is -0.340 e. The quantitative estimate of drug-likeness (QED) is 0.618. The Morgan fingerprint density at radius 1 is 0.962 bits per heavy atom. The molecule has 1 aromatic heterocycles. The molecule has 0 saturated heterocycles. The van der Waals surface area contributed by atoms with Gasteiger partial charge in [0.15, 0.2) is 17.5 Å². The summed E-state index contributed by atoms with van der Waals surface area (Å²) < 4.78 is 39.9. The summed E-state index contributed by atoms with van der Waals surface area (Å²) in [6.45, 7) is 0. The zero-order chi connectivity index (χ0) is 18.7. The zero-order valence-corrected chi connectivity index (χ0v) is 13.8. The van der Waals surface area contributed by atoms with Gasteiger partial charge in [0.05, 0.1) is 5.69 Å². The van der Waals surface area contributed by atoms with Gasteiger partial charge in [-0.2, -0.15) is 0 Å². The highest BCUT2D eigenvalue weighted by Gasteiger charge is 2.16. The third-order valence-corrected chi connectivity index (χ3v) is 3.67. The number of carbonyl (C=O) groups is 1. The summed E-state index contributed by atoms with van der Waals surface area (Å²) >= 11 is 5.81. The molecule has 3 aromatic rings. The van der Waals surface area contributed by atoms with Gasteiger partial charge in [-0.3, -0.25) is 4.79 Å². The first kappa shape index (κ1) is 17.8. The number of hydrogen-bond acceptors (Lipinski definition) is 3. The summed E-state index contributed by atoms with van der Waals surface area (Å²) in [5.74, 6) is -4.78. The van der Waals surface area contributed by atoms with Crippen molar-refractivity contribution < 1.29 is 18.0 Å². The van der Waals surface area contributed by atoms with Crippen molar-refractivity contribution in [1.82, 2.24) is 4.98 Å². The van der Waals surface area contributed by atoms with Crippen LogP contribution in [0.15, 0.2) is 54.7 Å². The Morgan fingerprint density at radius 2 is 1.69 bits per heavy atom. The van der Waals surface area contributed by atoms with E-state index in [1.54, 1.807) is 24.3 Å². The monoisotopic (exact) mass is 377 g/mol. The fourth-order valence-electron chi connectivity index (χ4n) is 2.14. The van der Waals surface area contributed by atoms with Crippen LogP contribution in [0.5, 0.6) is 0 Å². The fraction of sp³-hybridized carbons (Fsp3) is 0. The third-order valence-electron chi connectivity index (χ3n) is 3.42. The van der Waals surface area contributed by atoms with E-state index in [1.807, 2.05) is 0 Å². The molecule has 0 fully saturated rings. The largest absolute Gasteiger partial charge is 0.340 e. The Kier molecular flexibility index (Phi) is 5.09. The Morgan fingerprint density at radius 3 is 2.42 bits per heavy atom. The van der Waals surface area contributed by atoms with Crippen molar-refractivity contribution in [3.63, 3.8) is 0 Å². The Balaban J connectivity index is 1.78. The van der Waals surface area contributed by atoms with Crippen LogP contribution in [-0.4, -0.2) is 10.9 Å². The highest BCUT2D eigenvalue weighted by molar-refractivity contribution is 6.30. The molecular formula is C18H11ClF3N3O. The molecule has 4 nitrogen and oxygen atoms in total. The van der Waals surface area contributed by atoms with E-state index in [2.05, 4.69) is 15.6 Å². The maximum Gasteiger partial charge on any atom is 0.255 e. The number of aromatic nitrogens is 1. The van der Waals surface area contributed by atoms with Crippen molar-refractivity contribution >= 4 is 34.7 Å². The lowest BCUT2D eigenvalue weighted by atomic mass is 10.2. The third kappa shape index (κ3) is 3.94. The van der Waals surface area contributed by atoms with E-state index < -0.39 is 29.0 Å². The Labute approximate surface area is 151 Å². The summed E-state index contributed by atoms with van der Waals surface area (Å²) in [6, 6.07) is 11.3. The van der Waals surface area contributed by atoms with Crippen LogP contribution in [-0.2, 0) is 0 Å². The van der Waals surface area contributed by atoms with E-state index >= 15 is 0 Å². The summed E-state index contributed by atoms with van der Waals surface area (Å²) in [7, 11) is 0. The molecule has 0 atom stereocenters. The summed E-state index contributed by atoms with van der Waals surface area (Å²) in [5, 5.41) is 5.76. The first-order chi connectivity index (χ1) is 12.4. The molecule has 0 saturated carbocycles. The van der Waals surface area contributed by atoms with E-state index in [-0.39, 0.29) is 5.56 Å². The van der Waals surface area contributed by atoms with E-state index in [1.165, 1.54) is 18.3 Å². The van der Waals surface area contributed by atoms with Gasteiger partial charge in [-0.1, -0.05) is 11.6 Å². The molecule has 0 aliphatic heterocycles. The normalized spacial score (nSPS) is 10.5. The maximum atomic E-state index is 13.7. The zero-order valence-electron chi connectivity index (χ0n) is 13.1. The lowest BCUT2D eigenvalue weighted by molar-refractivity contribution is 0.102. The lowest BCUT2D eigenvalue weighted by Gasteiger charge is -2.09. The predicted octanol–water partition coefficient (Wildman–Crippen LogP) is 5.15. The van der Waals surface area contributed by atoms with Crippen LogP contribution in [0.25, 0.3) is 0 Å². The summed E-state index contributed by atoms with van der Waals surface area (Å²) in [5.41, 5.74) is 0.393. The molecule has 3 rings (SSSR count). The van der Waals surface area contributed by atoms with Crippen LogP contribution in [0.2, 0.25) is 5.02 Å². The first-order valence-electron chi connectivity index (χ1n) is 7.37. The number of pyridine rings is 1. The van der Waals surface area contributed by atoms with E-state index in [0.717, 1.165) is 12.1 Å². The molecule has 2 N–H and O–H groups in total. The SMILES string of the molecule is O=C(Nc1ccc(F)c(F)c1F)c1ccnc(Nc2ccc(Cl)cc2)c1. The maximum absolute atomic E-state index is 13.7. The number of nitrogens with one attached hydrogen (secondary N) is 2. The van der Waals surface area contributed by atoms with Gasteiger partial charge in [0.2, 0.25) is 0 Å². The molecule has 8 heteroatoms. The molecule has 0 radical (unpaired) electrons. The van der Waals surface area contributed by atoms with Crippen molar-refractivity contribution in [2.75, 3.05) is 10.6 Å². The van der Waals surface area contributed by atoms with Crippen LogP contribution in [0.1, 0.15) is 10.4 Å². The van der Waals surface area contributed by atoms with Crippen LogP contribution in [0.3, 0.4) is 0 Å². The second-order valence-corrected chi connectivity index (χ2v) is 5.68. The molecule has 0 unspecified atom stereocenters. The van der Waals surface area contributed by atoms with Gasteiger partial charge in [-0.25, -0.2) is 18.2 Å². The smallest absolute Gasteiger partial charge is 0.255 e. The number of benzene rings is 2. The minimum atomic E-state index is -1.65. The highest BCUT2D eigenvalue weighted by Crippen LogP contribution is 2.21. The average Bonchev–Trinajstić information content (AvgIpc) is 2.64. The van der Waals surface area contributed by atoms with Gasteiger partial charge >= 0.3 is 0 Å². The predicted molar refractivity (Wildman–Crippen MR) is 93.2 cm³/mol.